The molecule has 1 heterocycles. The van der Waals surface area contributed by atoms with Crippen LogP contribution in [0.2, 0.25) is 0 Å². The monoisotopic (exact) mass is 510 g/mol. The zero-order valence-electron chi connectivity index (χ0n) is 20.0. The van der Waals surface area contributed by atoms with E-state index in [9.17, 15) is 22.4 Å². The molecule has 0 saturated heterocycles. The highest BCUT2D eigenvalue weighted by Gasteiger charge is 2.25. The molecule has 1 saturated carbocycles. The molecule has 1 aromatic heterocycles. The Morgan fingerprint density at radius 3 is 2.40 bits per heavy atom. The van der Waals surface area contributed by atoms with E-state index in [0.29, 0.717) is 44.0 Å². The first kappa shape index (κ1) is 27.2. The lowest BCUT2D eigenvalue weighted by molar-refractivity contribution is -0.104. The summed E-state index contributed by atoms with van der Waals surface area (Å²) in [4.78, 5) is 33.2. The number of hydrogen-bond donors (Lipinski definition) is 2. The lowest BCUT2D eigenvalue weighted by Gasteiger charge is -2.25. The maximum Gasteiger partial charge on any atom is 0.253 e. The van der Waals surface area contributed by atoms with E-state index in [-0.39, 0.29) is 23.7 Å². The molecule has 35 heavy (non-hydrogen) atoms. The van der Waals surface area contributed by atoms with E-state index in [2.05, 4.69) is 15.6 Å². The Morgan fingerprint density at radius 1 is 1.00 bits per heavy atom. The Labute approximate surface area is 205 Å². The third kappa shape index (κ3) is 8.08. The Hall–Kier alpha value is -2.37. The maximum atomic E-state index is 12.9. The molecule has 2 aromatic rings. The van der Waals surface area contributed by atoms with E-state index >= 15 is 0 Å². The molecule has 1 aromatic carbocycles. The van der Waals surface area contributed by atoms with Gasteiger partial charge in [-0.1, -0.05) is 36.6 Å². The number of hydrogen-bond acceptors (Lipinski definition) is 8. The summed E-state index contributed by atoms with van der Waals surface area (Å²) in [7, 11) is -3.68. The highest BCUT2D eigenvalue weighted by molar-refractivity contribution is 7.88. The fraction of sp³-hybridized carbons (Fsp3) is 0.625. The first-order valence-corrected chi connectivity index (χ1v) is 14.0. The van der Waals surface area contributed by atoms with E-state index in [0.717, 1.165) is 36.6 Å². The minimum atomic E-state index is -3.68. The van der Waals surface area contributed by atoms with Crippen molar-refractivity contribution in [3.8, 4) is 0 Å². The molecule has 0 unspecified atom stereocenters. The Bertz CT molecular complexity index is 1080. The van der Waals surface area contributed by atoms with Crippen LogP contribution in [0.3, 0.4) is 0 Å². The average Bonchev–Trinajstić information content (AvgIpc) is 2.88. The number of pyridine rings is 1. The van der Waals surface area contributed by atoms with Crippen LogP contribution in [-0.2, 0) is 14.9 Å². The van der Waals surface area contributed by atoms with Gasteiger partial charge in [0.15, 0.2) is 0 Å². The summed E-state index contributed by atoms with van der Waals surface area (Å²) >= 11 is 0. The highest BCUT2D eigenvalue weighted by atomic mass is 32.2. The van der Waals surface area contributed by atoms with Gasteiger partial charge in [0, 0.05) is 24.6 Å². The van der Waals surface area contributed by atoms with E-state index in [1.54, 1.807) is 24.5 Å². The van der Waals surface area contributed by atoms with Gasteiger partial charge >= 0.3 is 0 Å². The summed E-state index contributed by atoms with van der Waals surface area (Å²) in [6.45, 7) is -0.261. The van der Waals surface area contributed by atoms with Crippen LogP contribution >= 0.6 is 0 Å². The van der Waals surface area contributed by atoms with Crippen molar-refractivity contribution in [2.24, 2.45) is 5.92 Å². The van der Waals surface area contributed by atoms with Crippen LogP contribution in [0.4, 0.5) is 21.5 Å². The molecule has 0 aliphatic heterocycles. The van der Waals surface area contributed by atoms with Gasteiger partial charge in [-0.25, -0.2) is 12.8 Å². The second kappa shape index (κ2) is 13.6. The Balaban J connectivity index is 1.35. The molecule has 0 atom stereocenters. The quantitative estimate of drug-likeness (QED) is 0.200. The number of aromatic nitrogens is 1. The molecule has 0 bridgehead atoms. The normalized spacial score (nSPS) is 15.0. The SMILES string of the molecule is O=c1c(NCCCCCCS(=O)(=O)N(CCF)OCC2CCCCC2)c(Nc2ccncc2)c1=O. The van der Waals surface area contributed by atoms with Gasteiger partial charge in [-0.15, -0.1) is 0 Å². The van der Waals surface area contributed by atoms with Crippen LogP contribution in [0.25, 0.3) is 0 Å². The fourth-order valence-electron chi connectivity index (χ4n) is 4.23. The topological polar surface area (TPSA) is 118 Å². The van der Waals surface area contributed by atoms with Crippen molar-refractivity contribution in [1.82, 2.24) is 9.45 Å². The van der Waals surface area contributed by atoms with Crippen molar-refractivity contribution in [3.63, 3.8) is 0 Å². The van der Waals surface area contributed by atoms with Crippen molar-refractivity contribution < 1.29 is 17.6 Å². The number of alkyl halides is 1. The predicted octanol–water partition coefficient (Wildman–Crippen LogP) is 3.51. The van der Waals surface area contributed by atoms with Crippen LogP contribution in [-0.4, -0.2) is 50.0 Å². The van der Waals surface area contributed by atoms with E-state index in [1.165, 1.54) is 6.42 Å². The number of unbranched alkanes of at least 4 members (excludes halogenated alkanes) is 3. The molecule has 9 nitrogen and oxygen atoms in total. The zero-order valence-corrected chi connectivity index (χ0v) is 20.8. The molecule has 0 amide bonds. The molecule has 194 valence electrons. The summed E-state index contributed by atoms with van der Waals surface area (Å²) in [6, 6.07) is 3.40. The number of hydroxylamine groups is 1. The summed E-state index contributed by atoms with van der Waals surface area (Å²) in [5.74, 6) is 0.241. The van der Waals surface area contributed by atoms with Gasteiger partial charge in [0.25, 0.3) is 10.9 Å². The van der Waals surface area contributed by atoms with E-state index in [4.69, 9.17) is 4.84 Å². The number of rotatable bonds is 16. The Kier molecular flexibility index (Phi) is 10.6. The molecule has 3 rings (SSSR count). The van der Waals surface area contributed by atoms with Gasteiger partial charge in [0.2, 0.25) is 10.0 Å². The number of nitrogens with one attached hydrogen (secondary N) is 2. The van der Waals surface area contributed by atoms with Gasteiger partial charge in [0.05, 0.1) is 18.9 Å². The third-order valence-electron chi connectivity index (χ3n) is 6.25. The predicted molar refractivity (Wildman–Crippen MR) is 135 cm³/mol. The number of halogens is 1. The van der Waals surface area contributed by atoms with Gasteiger partial charge in [0.1, 0.15) is 18.0 Å². The largest absolute Gasteiger partial charge is 0.380 e. The maximum absolute atomic E-state index is 12.9. The Morgan fingerprint density at radius 2 is 1.69 bits per heavy atom. The molecule has 1 aliphatic carbocycles. The summed E-state index contributed by atoms with van der Waals surface area (Å²) in [5.41, 5.74) is 0.0765. The smallest absolute Gasteiger partial charge is 0.253 e. The number of sulfonamides is 1. The number of nitrogens with zero attached hydrogens (tertiary/aromatic N) is 2. The van der Waals surface area contributed by atoms with Crippen molar-refractivity contribution in [3.05, 3.63) is 45.0 Å². The fourth-order valence-corrected chi connectivity index (χ4v) is 5.57. The molecule has 11 heteroatoms. The van der Waals surface area contributed by atoms with Crippen LogP contribution in [0.15, 0.2) is 34.1 Å². The third-order valence-corrected chi connectivity index (χ3v) is 7.96. The van der Waals surface area contributed by atoms with Crippen molar-refractivity contribution in [1.29, 1.82) is 0 Å². The summed E-state index contributed by atoms with van der Waals surface area (Å²) < 4.78 is 39.0. The van der Waals surface area contributed by atoms with Crippen molar-refractivity contribution >= 4 is 27.1 Å². The summed E-state index contributed by atoms with van der Waals surface area (Å²) in [6.07, 6.45) is 11.2. The van der Waals surface area contributed by atoms with E-state index < -0.39 is 27.6 Å². The van der Waals surface area contributed by atoms with Crippen LogP contribution in [0, 0.1) is 5.92 Å². The zero-order chi connectivity index (χ0) is 25.1. The highest BCUT2D eigenvalue weighted by Crippen LogP contribution is 2.24. The molecule has 1 fully saturated rings. The molecule has 2 N–H and O–H groups in total. The van der Waals surface area contributed by atoms with Gasteiger partial charge in [-0.3, -0.25) is 19.4 Å². The van der Waals surface area contributed by atoms with Crippen LogP contribution < -0.4 is 21.5 Å². The van der Waals surface area contributed by atoms with Gasteiger partial charge < -0.3 is 10.6 Å². The lowest BCUT2D eigenvalue weighted by atomic mass is 9.90. The number of anilines is 3. The molecule has 0 radical (unpaired) electrons. The second-order valence-electron chi connectivity index (χ2n) is 8.94. The molecule has 0 spiro atoms. The first-order valence-electron chi connectivity index (χ1n) is 12.4. The lowest BCUT2D eigenvalue weighted by Crippen LogP contribution is -2.37. The minimum Gasteiger partial charge on any atom is -0.380 e. The van der Waals surface area contributed by atoms with E-state index in [1.807, 2.05) is 0 Å². The summed E-state index contributed by atoms with van der Waals surface area (Å²) in [5, 5.41) is 5.94. The molecular formula is C24H35FN4O5S. The second-order valence-corrected chi connectivity index (χ2v) is 10.9. The van der Waals surface area contributed by atoms with Crippen LogP contribution in [0.1, 0.15) is 57.8 Å². The van der Waals surface area contributed by atoms with Crippen LogP contribution in [0.5, 0.6) is 0 Å². The minimum absolute atomic E-state index is 0.0940. The van der Waals surface area contributed by atoms with Gasteiger partial charge in [-0.2, -0.15) is 0 Å². The first-order chi connectivity index (χ1) is 16.9. The van der Waals surface area contributed by atoms with Gasteiger partial charge in [-0.05, 0) is 43.7 Å². The van der Waals surface area contributed by atoms with Crippen molar-refractivity contribution in [2.45, 2.75) is 57.8 Å². The molecule has 1 aliphatic rings. The average molecular weight is 511 g/mol. The standard InChI is InChI=1S/C24H35FN4O5S/c25-12-16-29(34-18-19-8-4-3-5-9-19)35(32,33)17-7-2-1-6-13-27-21-22(24(31)23(21)30)28-20-10-14-26-15-11-20/h10-11,14-15,19,27H,1-9,12-13,16-18H2,(H,26,28). The molecular weight excluding hydrogens is 475 g/mol. The van der Waals surface area contributed by atoms with Crippen molar-refractivity contribution in [2.75, 3.05) is 42.8 Å².